The number of aromatic nitrogens is 2. The van der Waals surface area contributed by atoms with Crippen LogP contribution in [0.25, 0.3) is 0 Å². The van der Waals surface area contributed by atoms with Gasteiger partial charge in [-0.2, -0.15) is 0 Å². The van der Waals surface area contributed by atoms with Gasteiger partial charge in [0.25, 0.3) is 0 Å². The summed E-state index contributed by atoms with van der Waals surface area (Å²) in [6, 6.07) is 15.4. The molecule has 1 aliphatic carbocycles. The van der Waals surface area contributed by atoms with Crippen molar-refractivity contribution >= 4 is 17.3 Å². The van der Waals surface area contributed by atoms with Crippen LogP contribution in [0.4, 0.5) is 21.7 Å². The molecular formula is C27H34FN5. The van der Waals surface area contributed by atoms with Gasteiger partial charge in [-0.1, -0.05) is 38.1 Å². The van der Waals surface area contributed by atoms with Gasteiger partial charge in [-0.15, -0.1) is 0 Å². The summed E-state index contributed by atoms with van der Waals surface area (Å²) >= 11 is 0. The van der Waals surface area contributed by atoms with Crippen LogP contribution in [-0.4, -0.2) is 41.0 Å². The zero-order valence-electron chi connectivity index (χ0n) is 19.7. The molecule has 0 saturated carbocycles. The van der Waals surface area contributed by atoms with Crippen LogP contribution in [0.3, 0.4) is 0 Å². The summed E-state index contributed by atoms with van der Waals surface area (Å²) in [5, 5.41) is 3.54. The van der Waals surface area contributed by atoms with E-state index < -0.39 is 0 Å². The number of hydrogen-bond donors (Lipinski definition) is 1. The van der Waals surface area contributed by atoms with Crippen LogP contribution in [0.1, 0.15) is 43.4 Å². The van der Waals surface area contributed by atoms with Crippen LogP contribution in [0.15, 0.2) is 54.9 Å². The SMILES string of the molecule is CC.Fc1ccc(CN2CCN(c3cc(Nc4cccc5c4CCCC5)ncn3)CC2)cc1. The third-order valence-corrected chi connectivity index (χ3v) is 6.33. The highest BCUT2D eigenvalue weighted by molar-refractivity contribution is 5.64. The number of anilines is 3. The lowest BCUT2D eigenvalue weighted by molar-refractivity contribution is 0.249. The summed E-state index contributed by atoms with van der Waals surface area (Å²) in [6.07, 6.45) is 6.48. The van der Waals surface area contributed by atoms with Crippen molar-refractivity contribution in [2.24, 2.45) is 0 Å². The van der Waals surface area contributed by atoms with E-state index in [-0.39, 0.29) is 5.82 Å². The third-order valence-electron chi connectivity index (χ3n) is 6.33. The molecule has 2 heterocycles. The lowest BCUT2D eigenvalue weighted by atomic mass is 9.90. The molecule has 0 spiro atoms. The average molecular weight is 448 g/mol. The van der Waals surface area contributed by atoms with Gasteiger partial charge >= 0.3 is 0 Å². The fraction of sp³-hybridized carbons (Fsp3) is 0.407. The topological polar surface area (TPSA) is 44.3 Å². The quantitative estimate of drug-likeness (QED) is 0.553. The Bertz CT molecular complexity index is 1030. The van der Waals surface area contributed by atoms with E-state index in [0.29, 0.717) is 0 Å². The molecule has 0 radical (unpaired) electrons. The number of aryl methyl sites for hydroxylation is 1. The standard InChI is InChI=1S/C25H28FN5.C2H6/c26-21-10-8-19(9-11-21)17-30-12-14-31(15-13-30)25-16-24(27-18-28-25)29-23-7-3-5-20-4-1-2-6-22(20)23;1-2/h3,5,7-11,16,18H,1-2,4,6,12-15,17H2,(H,27,28,29);1-2H3. The molecule has 1 saturated heterocycles. The van der Waals surface area contributed by atoms with Crippen LogP contribution in [-0.2, 0) is 19.4 Å². The maximum Gasteiger partial charge on any atom is 0.135 e. The van der Waals surface area contributed by atoms with Gasteiger partial charge in [-0.05, 0) is 60.6 Å². The van der Waals surface area contributed by atoms with Gasteiger partial charge in [-0.3, -0.25) is 4.90 Å². The van der Waals surface area contributed by atoms with Crippen LogP contribution in [0.5, 0.6) is 0 Å². The zero-order chi connectivity index (χ0) is 23.0. The Labute approximate surface area is 196 Å². The fourth-order valence-electron chi connectivity index (χ4n) is 4.61. The molecule has 33 heavy (non-hydrogen) atoms. The molecule has 3 aromatic rings. The van der Waals surface area contributed by atoms with Gasteiger partial charge in [0.2, 0.25) is 0 Å². The number of halogens is 1. The molecule has 0 unspecified atom stereocenters. The maximum atomic E-state index is 13.1. The zero-order valence-corrected chi connectivity index (χ0v) is 19.7. The molecule has 6 heteroatoms. The lowest BCUT2D eigenvalue weighted by Crippen LogP contribution is -2.46. The van der Waals surface area contributed by atoms with Crippen molar-refractivity contribution in [3.8, 4) is 0 Å². The second kappa shape index (κ2) is 11.2. The minimum Gasteiger partial charge on any atom is -0.354 e. The van der Waals surface area contributed by atoms with E-state index in [9.17, 15) is 4.39 Å². The molecule has 0 amide bonds. The van der Waals surface area contributed by atoms with Crippen LogP contribution >= 0.6 is 0 Å². The van der Waals surface area contributed by atoms with Gasteiger partial charge in [0.15, 0.2) is 0 Å². The number of fused-ring (bicyclic) bond motifs is 1. The van der Waals surface area contributed by atoms with Crippen LogP contribution < -0.4 is 10.2 Å². The molecule has 1 fully saturated rings. The number of piperazine rings is 1. The van der Waals surface area contributed by atoms with Crippen LogP contribution in [0.2, 0.25) is 0 Å². The predicted molar refractivity (Wildman–Crippen MR) is 134 cm³/mol. The number of nitrogens with one attached hydrogen (secondary N) is 1. The number of nitrogens with zero attached hydrogens (tertiary/aromatic N) is 4. The molecule has 1 aromatic heterocycles. The Morgan fingerprint density at radius 2 is 1.67 bits per heavy atom. The summed E-state index contributed by atoms with van der Waals surface area (Å²) < 4.78 is 13.1. The summed E-state index contributed by atoms with van der Waals surface area (Å²) in [5.41, 5.74) is 5.21. The number of hydrogen-bond acceptors (Lipinski definition) is 5. The second-order valence-corrected chi connectivity index (χ2v) is 8.43. The van der Waals surface area contributed by atoms with Gasteiger partial charge in [0.1, 0.15) is 23.8 Å². The summed E-state index contributed by atoms with van der Waals surface area (Å²) in [5.74, 6) is 1.62. The highest BCUT2D eigenvalue weighted by atomic mass is 19.1. The normalized spacial score (nSPS) is 15.9. The van der Waals surface area contributed by atoms with Crippen molar-refractivity contribution in [1.82, 2.24) is 14.9 Å². The average Bonchev–Trinajstić information content (AvgIpc) is 2.88. The predicted octanol–water partition coefficient (Wildman–Crippen LogP) is 5.59. The minimum absolute atomic E-state index is 0.183. The van der Waals surface area contributed by atoms with E-state index >= 15 is 0 Å². The Morgan fingerprint density at radius 1 is 0.909 bits per heavy atom. The van der Waals surface area contributed by atoms with E-state index in [1.54, 1.807) is 6.33 Å². The van der Waals surface area contributed by atoms with Crippen molar-refractivity contribution in [3.63, 3.8) is 0 Å². The van der Waals surface area contributed by atoms with Gasteiger partial charge in [0, 0.05) is 44.5 Å². The highest BCUT2D eigenvalue weighted by Gasteiger charge is 2.19. The summed E-state index contributed by atoms with van der Waals surface area (Å²) in [6.45, 7) is 8.59. The van der Waals surface area contributed by atoms with E-state index in [4.69, 9.17) is 0 Å². The van der Waals surface area contributed by atoms with Crippen LogP contribution in [0, 0.1) is 5.82 Å². The lowest BCUT2D eigenvalue weighted by Gasteiger charge is -2.35. The molecule has 1 aliphatic heterocycles. The Balaban J connectivity index is 0.00000126. The third kappa shape index (κ3) is 5.88. The van der Waals surface area contributed by atoms with Crippen molar-refractivity contribution in [2.75, 3.05) is 36.4 Å². The molecule has 0 atom stereocenters. The van der Waals surface area contributed by atoms with Gasteiger partial charge in [-0.25, -0.2) is 14.4 Å². The van der Waals surface area contributed by atoms with E-state index in [2.05, 4.69) is 49.4 Å². The molecule has 5 nitrogen and oxygen atoms in total. The van der Waals surface area contributed by atoms with Crippen molar-refractivity contribution in [3.05, 3.63) is 77.4 Å². The molecular weight excluding hydrogens is 413 g/mol. The summed E-state index contributed by atoms with van der Waals surface area (Å²) in [7, 11) is 0. The Morgan fingerprint density at radius 3 is 2.45 bits per heavy atom. The first-order chi connectivity index (χ1) is 16.2. The first-order valence-corrected chi connectivity index (χ1v) is 12.2. The maximum absolute atomic E-state index is 13.1. The van der Waals surface area contributed by atoms with E-state index in [1.807, 2.05) is 26.0 Å². The first kappa shape index (κ1) is 23.2. The monoisotopic (exact) mass is 447 g/mol. The minimum atomic E-state index is -0.183. The fourth-order valence-corrected chi connectivity index (χ4v) is 4.61. The van der Waals surface area contributed by atoms with Crippen molar-refractivity contribution in [2.45, 2.75) is 46.1 Å². The Kier molecular flexibility index (Phi) is 7.89. The number of rotatable bonds is 5. The van der Waals surface area contributed by atoms with E-state index in [0.717, 1.165) is 56.3 Å². The highest BCUT2D eigenvalue weighted by Crippen LogP contribution is 2.30. The molecule has 2 aromatic carbocycles. The van der Waals surface area contributed by atoms with Gasteiger partial charge < -0.3 is 10.2 Å². The smallest absolute Gasteiger partial charge is 0.135 e. The van der Waals surface area contributed by atoms with Crippen molar-refractivity contribution < 1.29 is 4.39 Å². The summed E-state index contributed by atoms with van der Waals surface area (Å²) in [4.78, 5) is 13.7. The molecule has 174 valence electrons. The molecule has 1 N–H and O–H groups in total. The largest absolute Gasteiger partial charge is 0.354 e. The van der Waals surface area contributed by atoms with Crippen molar-refractivity contribution in [1.29, 1.82) is 0 Å². The number of benzene rings is 2. The van der Waals surface area contributed by atoms with Gasteiger partial charge in [0.05, 0.1) is 0 Å². The van der Waals surface area contributed by atoms with E-state index in [1.165, 1.54) is 48.2 Å². The molecule has 2 aliphatic rings. The Hall–Kier alpha value is -2.99. The molecule has 0 bridgehead atoms. The first-order valence-electron chi connectivity index (χ1n) is 12.2. The molecule has 5 rings (SSSR count). The second-order valence-electron chi connectivity index (χ2n) is 8.43.